The van der Waals surface area contributed by atoms with Crippen LogP contribution in [0.15, 0.2) is 47.7 Å². The number of allylic oxidation sites excluding steroid dienone is 1. The number of nitrogens with one attached hydrogen (secondary N) is 2. The molecule has 1 aromatic carbocycles. The summed E-state index contributed by atoms with van der Waals surface area (Å²) in [5, 5.41) is 6.05. The van der Waals surface area contributed by atoms with Gasteiger partial charge in [0.1, 0.15) is 6.54 Å². The fourth-order valence-corrected chi connectivity index (χ4v) is 3.69. The highest BCUT2D eigenvalue weighted by Gasteiger charge is 2.25. The summed E-state index contributed by atoms with van der Waals surface area (Å²) in [4.78, 5) is 38.7. The highest BCUT2D eigenvalue weighted by Crippen LogP contribution is 2.30. The van der Waals surface area contributed by atoms with Crippen molar-refractivity contribution in [2.75, 3.05) is 29.9 Å². The smallest absolute Gasteiger partial charge is 0.311 e. The topological polar surface area (TPSA) is 87.7 Å². The average molecular weight is 412 g/mol. The van der Waals surface area contributed by atoms with Crippen LogP contribution in [0.4, 0.5) is 11.4 Å². The lowest BCUT2D eigenvalue weighted by atomic mass is 9.97. The highest BCUT2D eigenvalue weighted by molar-refractivity contribution is 6.09. The second-order valence-corrected chi connectivity index (χ2v) is 7.43. The van der Waals surface area contributed by atoms with Crippen LogP contribution >= 0.6 is 0 Å². The molecule has 7 heteroatoms. The van der Waals surface area contributed by atoms with E-state index in [0.29, 0.717) is 23.6 Å². The van der Waals surface area contributed by atoms with E-state index in [4.69, 9.17) is 4.74 Å². The fourth-order valence-electron chi connectivity index (χ4n) is 3.69. The van der Waals surface area contributed by atoms with E-state index in [2.05, 4.69) is 16.7 Å². The minimum Gasteiger partial charge on any atom is -0.466 e. The van der Waals surface area contributed by atoms with Gasteiger partial charge in [-0.15, -0.1) is 0 Å². The van der Waals surface area contributed by atoms with Crippen LogP contribution in [-0.4, -0.2) is 37.5 Å². The number of fused-ring (bicyclic) bond motifs is 1. The molecule has 0 aromatic heterocycles. The van der Waals surface area contributed by atoms with Crippen molar-refractivity contribution >= 4 is 29.2 Å². The van der Waals surface area contributed by atoms with Crippen molar-refractivity contribution in [2.24, 2.45) is 0 Å². The first-order valence-corrected chi connectivity index (χ1v) is 10.5. The number of esters is 1. The summed E-state index contributed by atoms with van der Waals surface area (Å²) in [6.07, 6.45) is 9.12. The van der Waals surface area contributed by atoms with Crippen LogP contribution in [0.2, 0.25) is 0 Å². The molecule has 1 aliphatic carbocycles. The predicted octanol–water partition coefficient (Wildman–Crippen LogP) is 3.29. The van der Waals surface area contributed by atoms with Gasteiger partial charge in [0.05, 0.1) is 24.4 Å². The molecule has 7 nitrogen and oxygen atoms in total. The number of ether oxygens (including phenoxy) is 1. The number of hydrogen-bond donors (Lipinski definition) is 2. The average Bonchev–Trinajstić information content (AvgIpc) is 2.85. The molecule has 160 valence electrons. The molecule has 1 aliphatic heterocycles. The van der Waals surface area contributed by atoms with Crippen molar-refractivity contribution in [3.05, 3.63) is 47.7 Å². The molecule has 0 saturated heterocycles. The van der Waals surface area contributed by atoms with Crippen LogP contribution in [0.25, 0.3) is 0 Å². The van der Waals surface area contributed by atoms with E-state index in [1.54, 1.807) is 13.0 Å². The van der Waals surface area contributed by atoms with E-state index in [9.17, 15) is 14.4 Å². The molecule has 0 bridgehead atoms. The Kier molecular flexibility index (Phi) is 7.65. The van der Waals surface area contributed by atoms with Gasteiger partial charge in [-0.25, -0.2) is 0 Å². The Labute approximate surface area is 177 Å². The number of hydrogen-bond acceptors (Lipinski definition) is 5. The molecule has 0 spiro atoms. The van der Waals surface area contributed by atoms with E-state index in [0.717, 1.165) is 19.3 Å². The van der Waals surface area contributed by atoms with Crippen molar-refractivity contribution < 1.29 is 19.1 Å². The van der Waals surface area contributed by atoms with Crippen molar-refractivity contribution in [1.29, 1.82) is 0 Å². The molecule has 2 aliphatic rings. The maximum absolute atomic E-state index is 12.9. The minimum atomic E-state index is -0.412. The van der Waals surface area contributed by atoms with Gasteiger partial charge in [-0.1, -0.05) is 23.8 Å². The summed E-state index contributed by atoms with van der Waals surface area (Å²) < 4.78 is 4.98. The van der Waals surface area contributed by atoms with Crippen LogP contribution in [0.1, 0.15) is 45.4 Å². The number of carbonyl (C=O) groups excluding carboxylic acids is 3. The molecule has 2 N–H and O–H groups in total. The zero-order valence-corrected chi connectivity index (χ0v) is 17.4. The van der Waals surface area contributed by atoms with Gasteiger partial charge in [-0.3, -0.25) is 19.3 Å². The third-order valence-corrected chi connectivity index (χ3v) is 5.15. The number of rotatable bonds is 8. The monoisotopic (exact) mass is 411 g/mol. The first kappa shape index (κ1) is 21.6. The van der Waals surface area contributed by atoms with Crippen LogP contribution in [-0.2, 0) is 19.1 Å². The normalized spacial score (nSPS) is 15.9. The summed E-state index contributed by atoms with van der Waals surface area (Å²) in [6, 6.07) is 7.24. The molecule has 0 atom stereocenters. The Morgan fingerprint density at radius 1 is 1.23 bits per heavy atom. The van der Waals surface area contributed by atoms with Crippen molar-refractivity contribution in [1.82, 2.24) is 5.32 Å². The summed E-state index contributed by atoms with van der Waals surface area (Å²) in [5.74, 6) is -0.974. The van der Waals surface area contributed by atoms with Gasteiger partial charge in [0.15, 0.2) is 0 Å². The van der Waals surface area contributed by atoms with Gasteiger partial charge in [0, 0.05) is 18.3 Å². The molecule has 0 unspecified atom stereocenters. The second-order valence-electron chi connectivity index (χ2n) is 7.43. The molecule has 30 heavy (non-hydrogen) atoms. The van der Waals surface area contributed by atoms with Crippen molar-refractivity contribution in [3.63, 3.8) is 0 Å². The molecule has 0 saturated carbocycles. The number of nitrogens with zero attached hydrogens (tertiary/aromatic N) is 1. The maximum atomic E-state index is 12.9. The second kappa shape index (κ2) is 10.6. The molecule has 1 aromatic rings. The first-order chi connectivity index (χ1) is 14.6. The van der Waals surface area contributed by atoms with Gasteiger partial charge >= 0.3 is 5.97 Å². The summed E-state index contributed by atoms with van der Waals surface area (Å²) in [6.45, 7) is 2.49. The lowest BCUT2D eigenvalue weighted by Gasteiger charge is -2.22. The van der Waals surface area contributed by atoms with Crippen molar-refractivity contribution in [3.8, 4) is 0 Å². The number of carbonyl (C=O) groups is 3. The summed E-state index contributed by atoms with van der Waals surface area (Å²) >= 11 is 0. The van der Waals surface area contributed by atoms with Gasteiger partial charge < -0.3 is 15.4 Å². The lowest BCUT2D eigenvalue weighted by molar-refractivity contribution is -0.142. The first-order valence-electron chi connectivity index (χ1n) is 10.5. The molecular weight excluding hydrogens is 382 g/mol. The van der Waals surface area contributed by atoms with E-state index in [1.165, 1.54) is 29.4 Å². The van der Waals surface area contributed by atoms with Crippen LogP contribution in [0.5, 0.6) is 0 Å². The van der Waals surface area contributed by atoms with E-state index < -0.39 is 5.97 Å². The number of benzene rings is 1. The molecule has 2 amide bonds. The van der Waals surface area contributed by atoms with E-state index in [-0.39, 0.29) is 31.4 Å². The quantitative estimate of drug-likeness (QED) is 0.506. The number of amides is 2. The minimum absolute atomic E-state index is 0.0386. The SMILES string of the molecule is CCOC(=O)CC1=CC(=O)N(CC(=O)NCCC2=CCCCC2)c2ccccc2N1. The third kappa shape index (κ3) is 5.95. The van der Waals surface area contributed by atoms with E-state index in [1.807, 2.05) is 18.2 Å². The Balaban J connectivity index is 1.66. The third-order valence-electron chi connectivity index (χ3n) is 5.15. The highest BCUT2D eigenvalue weighted by atomic mass is 16.5. The molecular formula is C23H29N3O4. The standard InChI is InChI=1S/C23H29N3O4/c1-2-30-23(29)15-18-14-22(28)26(20-11-7-6-10-19(20)25-18)16-21(27)24-13-12-17-8-4-3-5-9-17/h6-8,10-11,14,25H,2-5,9,12-13,15-16H2,1H3,(H,24,27). The lowest BCUT2D eigenvalue weighted by Crippen LogP contribution is -2.40. The van der Waals surface area contributed by atoms with Gasteiger partial charge in [0.2, 0.25) is 5.91 Å². The Morgan fingerprint density at radius 2 is 2.07 bits per heavy atom. The van der Waals surface area contributed by atoms with Crippen LogP contribution in [0, 0.1) is 0 Å². The predicted molar refractivity (Wildman–Crippen MR) is 116 cm³/mol. The zero-order chi connectivity index (χ0) is 21.3. The molecule has 1 heterocycles. The maximum Gasteiger partial charge on any atom is 0.311 e. The zero-order valence-electron chi connectivity index (χ0n) is 17.4. The molecule has 0 fully saturated rings. The molecule has 3 rings (SSSR count). The van der Waals surface area contributed by atoms with Gasteiger partial charge in [0.25, 0.3) is 5.91 Å². The molecule has 0 radical (unpaired) electrons. The number of para-hydroxylation sites is 2. The largest absolute Gasteiger partial charge is 0.466 e. The van der Waals surface area contributed by atoms with Gasteiger partial charge in [-0.05, 0) is 51.2 Å². The van der Waals surface area contributed by atoms with Crippen LogP contribution < -0.4 is 15.5 Å². The van der Waals surface area contributed by atoms with E-state index >= 15 is 0 Å². The van der Waals surface area contributed by atoms with Crippen LogP contribution in [0.3, 0.4) is 0 Å². The van der Waals surface area contributed by atoms with Crippen molar-refractivity contribution in [2.45, 2.75) is 45.4 Å². The summed E-state index contributed by atoms with van der Waals surface area (Å²) in [5.41, 5.74) is 3.10. The Morgan fingerprint density at radius 3 is 2.83 bits per heavy atom. The fraction of sp³-hybridized carbons (Fsp3) is 0.435. The Bertz CT molecular complexity index is 860. The summed E-state index contributed by atoms with van der Waals surface area (Å²) in [7, 11) is 0. The Hall–Kier alpha value is -3.09. The number of anilines is 2. The van der Waals surface area contributed by atoms with Gasteiger partial charge in [-0.2, -0.15) is 0 Å².